The number of benzene rings is 2. The predicted octanol–water partition coefficient (Wildman–Crippen LogP) is 3.79. The summed E-state index contributed by atoms with van der Waals surface area (Å²) in [6.07, 6.45) is 1.62. The van der Waals surface area contributed by atoms with Gasteiger partial charge in [0.1, 0.15) is 5.57 Å². The Morgan fingerprint density at radius 3 is 2.24 bits per heavy atom. The van der Waals surface area contributed by atoms with Gasteiger partial charge in [0.25, 0.3) is 11.8 Å². The largest absolute Gasteiger partial charge is 0.298 e. The van der Waals surface area contributed by atoms with E-state index < -0.39 is 11.8 Å². The van der Waals surface area contributed by atoms with Crippen LogP contribution in [0.15, 0.2) is 48.0 Å². The second kappa shape index (κ2) is 6.78. The van der Waals surface area contributed by atoms with Gasteiger partial charge in [-0.3, -0.25) is 19.8 Å². The number of hydrogen-bond acceptors (Lipinski definition) is 3. The van der Waals surface area contributed by atoms with Crippen LogP contribution in [0.25, 0.3) is 6.08 Å². The molecule has 3 rings (SSSR count). The summed E-state index contributed by atoms with van der Waals surface area (Å²) in [5.41, 5.74) is 3.41. The molecule has 1 aliphatic rings. The Morgan fingerprint density at radius 1 is 1.04 bits per heavy atom. The standard InChI is InChI=1S/C19H15ClN2O2S/c1-11-4-3-5-12(2)15(11)10-16-17(23)21-19(25)22(18(16)24)14-8-6-13(20)7-9-14/h3-10H,1-2H3,(H,21,23,25)/b16-10-. The number of anilines is 1. The molecular formula is C19H15ClN2O2S. The Bertz CT molecular complexity index is 899. The highest BCUT2D eigenvalue weighted by molar-refractivity contribution is 7.80. The molecule has 0 unspecified atom stereocenters. The summed E-state index contributed by atoms with van der Waals surface area (Å²) in [6.45, 7) is 3.87. The van der Waals surface area contributed by atoms with Crippen molar-refractivity contribution in [1.82, 2.24) is 5.32 Å². The second-order valence-electron chi connectivity index (χ2n) is 5.74. The summed E-state index contributed by atoms with van der Waals surface area (Å²) >= 11 is 11.1. The van der Waals surface area contributed by atoms with Crippen LogP contribution in [0, 0.1) is 13.8 Å². The molecule has 0 atom stereocenters. The van der Waals surface area contributed by atoms with Crippen molar-refractivity contribution in [3.05, 3.63) is 69.8 Å². The minimum atomic E-state index is -0.497. The van der Waals surface area contributed by atoms with Crippen LogP contribution in [-0.2, 0) is 9.59 Å². The smallest absolute Gasteiger partial charge is 0.270 e. The van der Waals surface area contributed by atoms with Gasteiger partial charge in [0, 0.05) is 5.02 Å². The van der Waals surface area contributed by atoms with E-state index in [-0.39, 0.29) is 10.7 Å². The molecule has 1 saturated heterocycles. The monoisotopic (exact) mass is 370 g/mol. The maximum Gasteiger partial charge on any atom is 0.270 e. The van der Waals surface area contributed by atoms with E-state index in [1.807, 2.05) is 32.0 Å². The Morgan fingerprint density at radius 2 is 1.64 bits per heavy atom. The lowest BCUT2D eigenvalue weighted by atomic mass is 9.99. The van der Waals surface area contributed by atoms with Crippen molar-refractivity contribution in [1.29, 1.82) is 0 Å². The fourth-order valence-corrected chi connectivity index (χ4v) is 3.09. The molecule has 0 spiro atoms. The highest BCUT2D eigenvalue weighted by atomic mass is 35.5. The van der Waals surface area contributed by atoms with E-state index in [1.54, 1.807) is 30.3 Å². The Kier molecular flexibility index (Phi) is 4.70. The molecule has 1 N–H and O–H groups in total. The van der Waals surface area contributed by atoms with Gasteiger partial charge in [-0.25, -0.2) is 0 Å². The van der Waals surface area contributed by atoms with Crippen LogP contribution in [-0.4, -0.2) is 16.9 Å². The lowest BCUT2D eigenvalue weighted by Crippen LogP contribution is -2.54. The molecule has 2 amide bonds. The summed E-state index contributed by atoms with van der Waals surface area (Å²) < 4.78 is 0. The van der Waals surface area contributed by atoms with E-state index >= 15 is 0 Å². The van der Waals surface area contributed by atoms with E-state index in [4.69, 9.17) is 23.8 Å². The average molecular weight is 371 g/mol. The fourth-order valence-electron chi connectivity index (χ4n) is 2.68. The Balaban J connectivity index is 2.07. The molecule has 1 heterocycles. The molecule has 1 fully saturated rings. The van der Waals surface area contributed by atoms with Crippen LogP contribution in [0.3, 0.4) is 0 Å². The molecule has 2 aromatic carbocycles. The number of carbonyl (C=O) groups is 2. The van der Waals surface area contributed by atoms with Crippen molar-refractivity contribution in [3.8, 4) is 0 Å². The average Bonchev–Trinajstić information content (AvgIpc) is 2.55. The number of rotatable bonds is 2. The second-order valence-corrected chi connectivity index (χ2v) is 6.56. The zero-order valence-corrected chi connectivity index (χ0v) is 15.2. The van der Waals surface area contributed by atoms with Gasteiger partial charge < -0.3 is 0 Å². The van der Waals surface area contributed by atoms with E-state index in [9.17, 15) is 9.59 Å². The number of aryl methyl sites for hydroxylation is 2. The number of hydrogen-bond donors (Lipinski definition) is 1. The van der Waals surface area contributed by atoms with Gasteiger partial charge in [-0.05, 0) is 73.1 Å². The minimum absolute atomic E-state index is 0.0425. The van der Waals surface area contributed by atoms with E-state index in [1.165, 1.54) is 4.90 Å². The maximum absolute atomic E-state index is 12.9. The van der Waals surface area contributed by atoms with Gasteiger partial charge in [-0.15, -0.1) is 0 Å². The van der Waals surface area contributed by atoms with Crippen LogP contribution in [0.4, 0.5) is 5.69 Å². The number of nitrogens with one attached hydrogen (secondary N) is 1. The van der Waals surface area contributed by atoms with E-state index in [0.717, 1.165) is 16.7 Å². The van der Waals surface area contributed by atoms with Crippen molar-refractivity contribution in [2.75, 3.05) is 4.90 Å². The van der Waals surface area contributed by atoms with Crippen LogP contribution in [0.2, 0.25) is 5.02 Å². The molecule has 6 heteroatoms. The third-order valence-electron chi connectivity index (χ3n) is 4.02. The summed E-state index contributed by atoms with van der Waals surface area (Å²) in [7, 11) is 0. The molecule has 0 aromatic heterocycles. The first-order chi connectivity index (χ1) is 11.9. The number of thiocarbonyl (C=S) groups is 1. The zero-order chi connectivity index (χ0) is 18.1. The molecule has 126 valence electrons. The van der Waals surface area contributed by atoms with Crippen molar-refractivity contribution < 1.29 is 9.59 Å². The summed E-state index contributed by atoms with van der Waals surface area (Å²) in [6, 6.07) is 12.5. The fraction of sp³-hybridized carbons (Fsp3) is 0.105. The van der Waals surface area contributed by atoms with Gasteiger partial charge in [0.2, 0.25) is 0 Å². The molecule has 0 aliphatic carbocycles. The van der Waals surface area contributed by atoms with Gasteiger partial charge in [0.15, 0.2) is 5.11 Å². The van der Waals surface area contributed by atoms with Gasteiger partial charge in [-0.2, -0.15) is 0 Å². The highest BCUT2D eigenvalue weighted by Gasteiger charge is 2.34. The van der Waals surface area contributed by atoms with E-state index in [0.29, 0.717) is 10.7 Å². The number of carbonyl (C=O) groups excluding carboxylic acids is 2. The maximum atomic E-state index is 12.9. The molecule has 4 nitrogen and oxygen atoms in total. The normalized spacial score (nSPS) is 16.4. The number of amides is 2. The van der Waals surface area contributed by atoms with Crippen LogP contribution in [0.1, 0.15) is 16.7 Å². The first kappa shape index (κ1) is 17.3. The first-order valence-corrected chi connectivity index (χ1v) is 8.40. The van der Waals surface area contributed by atoms with Gasteiger partial charge in [0.05, 0.1) is 5.69 Å². The third kappa shape index (κ3) is 3.34. The van der Waals surface area contributed by atoms with Gasteiger partial charge in [-0.1, -0.05) is 29.8 Å². The van der Waals surface area contributed by atoms with Crippen molar-refractivity contribution in [2.24, 2.45) is 0 Å². The predicted molar refractivity (Wildman–Crippen MR) is 104 cm³/mol. The molecule has 1 aliphatic heterocycles. The molecule has 0 saturated carbocycles. The molecule has 0 bridgehead atoms. The van der Waals surface area contributed by atoms with Crippen molar-refractivity contribution in [2.45, 2.75) is 13.8 Å². The van der Waals surface area contributed by atoms with Crippen LogP contribution < -0.4 is 10.2 Å². The minimum Gasteiger partial charge on any atom is -0.298 e. The lowest BCUT2D eigenvalue weighted by molar-refractivity contribution is -0.122. The quantitative estimate of drug-likeness (QED) is 0.497. The molecule has 25 heavy (non-hydrogen) atoms. The molecule has 0 radical (unpaired) electrons. The highest BCUT2D eigenvalue weighted by Crippen LogP contribution is 2.25. The number of halogens is 1. The number of nitrogens with zero attached hydrogens (tertiary/aromatic N) is 1. The zero-order valence-electron chi connectivity index (χ0n) is 13.7. The summed E-state index contributed by atoms with van der Waals surface area (Å²) in [4.78, 5) is 26.6. The summed E-state index contributed by atoms with van der Waals surface area (Å²) in [5, 5.41) is 3.18. The van der Waals surface area contributed by atoms with Crippen molar-refractivity contribution >= 4 is 52.5 Å². The SMILES string of the molecule is Cc1cccc(C)c1/C=C1/C(=O)NC(=S)N(c2ccc(Cl)cc2)C1=O. The van der Waals surface area contributed by atoms with E-state index in [2.05, 4.69) is 5.32 Å². The van der Waals surface area contributed by atoms with Crippen LogP contribution in [0.5, 0.6) is 0 Å². The molecule has 2 aromatic rings. The van der Waals surface area contributed by atoms with Gasteiger partial charge >= 0.3 is 0 Å². The first-order valence-electron chi connectivity index (χ1n) is 7.61. The third-order valence-corrected chi connectivity index (χ3v) is 4.55. The van der Waals surface area contributed by atoms with Crippen molar-refractivity contribution in [3.63, 3.8) is 0 Å². The Hall–Kier alpha value is -2.50. The Labute approximate surface area is 156 Å². The molecular weight excluding hydrogens is 356 g/mol. The van der Waals surface area contributed by atoms with Crippen LogP contribution >= 0.6 is 23.8 Å². The lowest BCUT2D eigenvalue weighted by Gasteiger charge is -2.29. The summed E-state index contributed by atoms with van der Waals surface area (Å²) in [5.74, 6) is -0.957. The topological polar surface area (TPSA) is 49.4 Å².